The summed E-state index contributed by atoms with van der Waals surface area (Å²) >= 11 is 5.89. The highest BCUT2D eigenvalue weighted by Crippen LogP contribution is 2.11. The minimum absolute atomic E-state index is 0.225. The maximum absolute atomic E-state index is 12.4. The summed E-state index contributed by atoms with van der Waals surface area (Å²) in [6.45, 7) is -1.58. The lowest BCUT2D eigenvalue weighted by atomic mass is 10.0. The van der Waals surface area contributed by atoms with Crippen molar-refractivity contribution in [2.75, 3.05) is 13.2 Å². The third-order valence-electron chi connectivity index (χ3n) is 3.60. The number of ketones is 1. The van der Waals surface area contributed by atoms with Crippen LogP contribution >= 0.6 is 11.6 Å². The normalized spacial score (nSPS) is 11.5. The summed E-state index contributed by atoms with van der Waals surface area (Å²) in [6.07, 6.45) is 0.225. The molecule has 0 bridgehead atoms. The van der Waals surface area contributed by atoms with Crippen LogP contribution in [0.25, 0.3) is 0 Å². The zero-order chi connectivity index (χ0) is 18.9. The van der Waals surface area contributed by atoms with Gasteiger partial charge in [0.2, 0.25) is 5.91 Å². The Morgan fingerprint density at radius 2 is 1.77 bits per heavy atom. The number of hydrogen-bond acceptors (Lipinski definition) is 3. The number of carbonyl (C=O) groups is 3. The van der Waals surface area contributed by atoms with E-state index < -0.39 is 36.9 Å². The molecule has 2 aromatic carbocycles. The van der Waals surface area contributed by atoms with E-state index in [1.54, 1.807) is 18.2 Å². The van der Waals surface area contributed by atoms with Crippen molar-refractivity contribution in [1.29, 1.82) is 0 Å². The van der Waals surface area contributed by atoms with Crippen molar-refractivity contribution < 1.29 is 18.8 Å². The average molecular weight is 377 g/mol. The van der Waals surface area contributed by atoms with Gasteiger partial charge in [-0.3, -0.25) is 14.4 Å². The van der Waals surface area contributed by atoms with E-state index in [2.05, 4.69) is 10.6 Å². The Kier molecular flexibility index (Phi) is 7.29. The van der Waals surface area contributed by atoms with E-state index in [-0.39, 0.29) is 6.42 Å². The van der Waals surface area contributed by atoms with Crippen molar-refractivity contribution in [1.82, 2.24) is 10.6 Å². The summed E-state index contributed by atoms with van der Waals surface area (Å²) in [6, 6.07) is 14.5. The zero-order valence-corrected chi connectivity index (χ0v) is 14.6. The Balaban J connectivity index is 2.12. The third kappa shape index (κ3) is 5.97. The van der Waals surface area contributed by atoms with E-state index in [0.29, 0.717) is 10.6 Å². The van der Waals surface area contributed by atoms with Gasteiger partial charge in [-0.05, 0) is 23.8 Å². The number of Topliss-reactive ketones (excluding diaryl/α,β-unsaturated/α-hetero) is 1. The number of nitrogens with one attached hydrogen (secondary N) is 2. The van der Waals surface area contributed by atoms with Crippen molar-refractivity contribution in [2.24, 2.45) is 0 Å². The second kappa shape index (κ2) is 9.68. The van der Waals surface area contributed by atoms with E-state index in [1.165, 1.54) is 6.07 Å². The first-order chi connectivity index (χ1) is 12.5. The quantitative estimate of drug-likeness (QED) is 0.742. The zero-order valence-electron chi connectivity index (χ0n) is 13.9. The van der Waals surface area contributed by atoms with Crippen LogP contribution in [-0.2, 0) is 16.0 Å². The molecule has 0 spiro atoms. The standard InChI is InChI=1S/C19H18ClFN2O3/c20-15-8-4-7-14(10-15)18(25)23-17(9-13-5-2-1-3-6-13)19(26)22-12-16(24)11-21/h1-8,10,17H,9,11-12H2,(H,22,26)(H,23,25)/t17-/m0/s1. The van der Waals surface area contributed by atoms with Gasteiger partial charge in [-0.2, -0.15) is 0 Å². The molecule has 0 aliphatic heterocycles. The second-order valence-electron chi connectivity index (χ2n) is 5.62. The lowest BCUT2D eigenvalue weighted by Gasteiger charge is -2.18. The van der Waals surface area contributed by atoms with Crippen LogP contribution in [0, 0.1) is 0 Å². The molecule has 5 nitrogen and oxygen atoms in total. The molecule has 0 aliphatic carbocycles. The highest BCUT2D eigenvalue weighted by atomic mass is 35.5. The Morgan fingerprint density at radius 1 is 1.04 bits per heavy atom. The van der Waals surface area contributed by atoms with Crippen LogP contribution in [0.5, 0.6) is 0 Å². The van der Waals surface area contributed by atoms with Gasteiger partial charge in [0.25, 0.3) is 5.91 Å². The molecule has 0 fully saturated rings. The van der Waals surface area contributed by atoms with Gasteiger partial charge < -0.3 is 10.6 Å². The van der Waals surface area contributed by atoms with Gasteiger partial charge in [0.05, 0.1) is 6.54 Å². The van der Waals surface area contributed by atoms with Crippen LogP contribution in [0.4, 0.5) is 4.39 Å². The maximum atomic E-state index is 12.4. The van der Waals surface area contributed by atoms with Gasteiger partial charge in [0, 0.05) is 17.0 Å². The van der Waals surface area contributed by atoms with Crippen LogP contribution < -0.4 is 10.6 Å². The molecular formula is C19H18ClFN2O3. The van der Waals surface area contributed by atoms with Gasteiger partial charge >= 0.3 is 0 Å². The average Bonchev–Trinajstić information content (AvgIpc) is 2.66. The minimum atomic E-state index is -1.15. The molecule has 2 N–H and O–H groups in total. The first-order valence-electron chi connectivity index (χ1n) is 7.95. The van der Waals surface area contributed by atoms with E-state index >= 15 is 0 Å². The van der Waals surface area contributed by atoms with Gasteiger partial charge in [0.1, 0.15) is 12.7 Å². The number of alkyl halides is 1. The van der Waals surface area contributed by atoms with Crippen molar-refractivity contribution in [3.63, 3.8) is 0 Å². The SMILES string of the molecule is O=C(CF)CNC(=O)[C@H](Cc1ccccc1)NC(=O)c1cccc(Cl)c1. The maximum Gasteiger partial charge on any atom is 0.251 e. The van der Waals surface area contributed by atoms with E-state index in [9.17, 15) is 18.8 Å². The molecule has 0 radical (unpaired) electrons. The summed E-state index contributed by atoms with van der Waals surface area (Å²) in [7, 11) is 0. The number of amides is 2. The first-order valence-corrected chi connectivity index (χ1v) is 8.33. The van der Waals surface area contributed by atoms with Crippen LogP contribution in [0.1, 0.15) is 15.9 Å². The van der Waals surface area contributed by atoms with Crippen LogP contribution in [0.2, 0.25) is 5.02 Å². The number of halogens is 2. The minimum Gasteiger partial charge on any atom is -0.347 e. The second-order valence-corrected chi connectivity index (χ2v) is 6.05. The predicted octanol–water partition coefficient (Wildman–Crippen LogP) is 2.34. The fraction of sp³-hybridized carbons (Fsp3) is 0.211. The topological polar surface area (TPSA) is 75.3 Å². The van der Waals surface area contributed by atoms with Crippen LogP contribution in [-0.4, -0.2) is 36.9 Å². The Morgan fingerprint density at radius 3 is 2.42 bits per heavy atom. The van der Waals surface area contributed by atoms with Crippen molar-refractivity contribution in [3.05, 3.63) is 70.7 Å². The summed E-state index contributed by atoms with van der Waals surface area (Å²) in [5.74, 6) is -1.77. The molecular weight excluding hydrogens is 359 g/mol. The molecule has 0 saturated carbocycles. The van der Waals surface area contributed by atoms with Gasteiger partial charge in [-0.15, -0.1) is 0 Å². The van der Waals surface area contributed by atoms with E-state index in [4.69, 9.17) is 11.6 Å². The summed E-state index contributed by atoms with van der Waals surface area (Å²) in [5, 5.41) is 5.39. The molecule has 0 aromatic heterocycles. The Hall–Kier alpha value is -2.73. The molecule has 0 unspecified atom stereocenters. The predicted molar refractivity (Wildman–Crippen MR) is 96.8 cm³/mol. The molecule has 7 heteroatoms. The van der Waals surface area contributed by atoms with Gasteiger partial charge in [-0.1, -0.05) is 48.0 Å². The highest BCUT2D eigenvalue weighted by molar-refractivity contribution is 6.31. The van der Waals surface area contributed by atoms with Gasteiger partial charge in [0.15, 0.2) is 5.78 Å². The van der Waals surface area contributed by atoms with E-state index in [1.807, 2.05) is 30.3 Å². The number of benzene rings is 2. The monoisotopic (exact) mass is 376 g/mol. The number of hydrogen-bond donors (Lipinski definition) is 2. The molecule has 136 valence electrons. The lowest BCUT2D eigenvalue weighted by molar-refractivity contribution is -0.126. The fourth-order valence-electron chi connectivity index (χ4n) is 2.29. The molecule has 26 heavy (non-hydrogen) atoms. The first kappa shape index (κ1) is 19.6. The van der Waals surface area contributed by atoms with Crippen LogP contribution in [0.3, 0.4) is 0 Å². The molecule has 0 saturated heterocycles. The summed E-state index contributed by atoms with van der Waals surface area (Å²) in [4.78, 5) is 35.9. The highest BCUT2D eigenvalue weighted by Gasteiger charge is 2.22. The van der Waals surface area contributed by atoms with E-state index in [0.717, 1.165) is 5.56 Å². The Labute approximate surface area is 155 Å². The molecule has 1 atom stereocenters. The molecule has 2 rings (SSSR count). The lowest BCUT2D eigenvalue weighted by Crippen LogP contribution is -2.49. The summed E-state index contributed by atoms with van der Waals surface area (Å²) < 4.78 is 12.3. The molecule has 2 aromatic rings. The molecule has 0 aliphatic rings. The van der Waals surface area contributed by atoms with Crippen LogP contribution in [0.15, 0.2) is 54.6 Å². The fourth-order valence-corrected chi connectivity index (χ4v) is 2.48. The summed E-state index contributed by atoms with van der Waals surface area (Å²) in [5.41, 5.74) is 1.14. The molecule has 2 amide bonds. The number of carbonyl (C=O) groups excluding carboxylic acids is 3. The van der Waals surface area contributed by atoms with Crippen molar-refractivity contribution in [2.45, 2.75) is 12.5 Å². The third-order valence-corrected chi connectivity index (χ3v) is 3.84. The van der Waals surface area contributed by atoms with Gasteiger partial charge in [-0.25, -0.2) is 4.39 Å². The molecule has 0 heterocycles. The largest absolute Gasteiger partial charge is 0.347 e. The smallest absolute Gasteiger partial charge is 0.251 e. The number of rotatable bonds is 8. The van der Waals surface area contributed by atoms with Crippen molar-refractivity contribution >= 4 is 29.2 Å². The van der Waals surface area contributed by atoms with Crippen molar-refractivity contribution in [3.8, 4) is 0 Å². The Bertz CT molecular complexity index is 783.